The van der Waals surface area contributed by atoms with Gasteiger partial charge in [-0.05, 0) is 25.0 Å². The van der Waals surface area contributed by atoms with Gasteiger partial charge in [-0.1, -0.05) is 30.3 Å². The van der Waals surface area contributed by atoms with Crippen molar-refractivity contribution >= 4 is 35.4 Å². The average Bonchev–Trinajstić information content (AvgIpc) is 3.47. The van der Waals surface area contributed by atoms with Crippen LogP contribution in [0.2, 0.25) is 0 Å². The van der Waals surface area contributed by atoms with Gasteiger partial charge in [-0.2, -0.15) is 19.6 Å². The summed E-state index contributed by atoms with van der Waals surface area (Å²) in [6, 6.07) is 9.83. The van der Waals surface area contributed by atoms with E-state index in [1.54, 1.807) is 16.8 Å². The number of hydrogen-bond donors (Lipinski definition) is 2. The van der Waals surface area contributed by atoms with Crippen molar-refractivity contribution < 1.29 is 14.0 Å². The van der Waals surface area contributed by atoms with Gasteiger partial charge in [-0.25, -0.2) is 4.39 Å². The Morgan fingerprint density at radius 1 is 1.25 bits per heavy atom. The summed E-state index contributed by atoms with van der Waals surface area (Å²) in [4.78, 5) is 34.7. The molecule has 1 aromatic carbocycles. The minimum atomic E-state index is -0.926. The molecule has 2 aliphatic heterocycles. The number of alkyl halides is 1. The van der Waals surface area contributed by atoms with Crippen LogP contribution in [0.4, 0.5) is 16.3 Å². The molecule has 164 valence electrons. The Morgan fingerprint density at radius 3 is 2.75 bits per heavy atom. The number of rotatable bonds is 5. The SMILES string of the molecule is CC(Nc1nc(N2CCC(F)C2)n2ncc(/C=C3\CC(=O)NC3=O)c2n1)c1ccccc1. The van der Waals surface area contributed by atoms with E-state index in [0.29, 0.717) is 41.6 Å². The summed E-state index contributed by atoms with van der Waals surface area (Å²) in [5, 5.41) is 9.98. The van der Waals surface area contributed by atoms with E-state index in [2.05, 4.69) is 25.7 Å². The fraction of sp³-hybridized carbons (Fsp3) is 0.318. The maximum absolute atomic E-state index is 13.9. The van der Waals surface area contributed by atoms with Gasteiger partial charge in [0.25, 0.3) is 5.91 Å². The molecule has 32 heavy (non-hydrogen) atoms. The van der Waals surface area contributed by atoms with Crippen LogP contribution in [-0.4, -0.2) is 50.7 Å². The molecule has 0 aliphatic carbocycles. The maximum atomic E-state index is 13.9. The Bertz CT molecular complexity index is 1220. The highest BCUT2D eigenvalue weighted by Gasteiger charge is 2.28. The van der Waals surface area contributed by atoms with Crippen LogP contribution in [0.15, 0.2) is 42.1 Å². The van der Waals surface area contributed by atoms with Gasteiger partial charge in [0.2, 0.25) is 17.8 Å². The van der Waals surface area contributed by atoms with Crippen molar-refractivity contribution in [3.05, 3.63) is 53.2 Å². The maximum Gasteiger partial charge on any atom is 0.254 e. The van der Waals surface area contributed by atoms with Crippen molar-refractivity contribution in [2.45, 2.75) is 32.0 Å². The second kappa shape index (κ2) is 8.03. The van der Waals surface area contributed by atoms with Gasteiger partial charge in [-0.3, -0.25) is 14.9 Å². The summed E-state index contributed by atoms with van der Waals surface area (Å²) in [6.07, 6.45) is 2.70. The van der Waals surface area contributed by atoms with Crippen LogP contribution in [0.5, 0.6) is 0 Å². The minimum absolute atomic E-state index is 0.0138. The molecule has 0 bridgehead atoms. The van der Waals surface area contributed by atoms with Crippen LogP contribution in [0, 0.1) is 0 Å². The third-order valence-electron chi connectivity index (χ3n) is 5.66. The van der Waals surface area contributed by atoms with E-state index in [9.17, 15) is 14.0 Å². The number of aromatic nitrogens is 4. The molecular formula is C22H22FN7O2. The monoisotopic (exact) mass is 435 g/mol. The van der Waals surface area contributed by atoms with Crippen molar-refractivity contribution in [1.82, 2.24) is 24.9 Å². The van der Waals surface area contributed by atoms with Crippen molar-refractivity contribution in [2.75, 3.05) is 23.3 Å². The second-order valence-electron chi connectivity index (χ2n) is 8.01. The van der Waals surface area contributed by atoms with Crippen LogP contribution in [0.25, 0.3) is 11.7 Å². The number of anilines is 2. The lowest BCUT2D eigenvalue weighted by Crippen LogP contribution is -2.25. The summed E-state index contributed by atoms with van der Waals surface area (Å²) >= 11 is 0. The summed E-state index contributed by atoms with van der Waals surface area (Å²) in [5.41, 5.74) is 2.47. The average molecular weight is 435 g/mol. The number of amides is 2. The van der Waals surface area contributed by atoms with E-state index in [1.165, 1.54) is 0 Å². The van der Waals surface area contributed by atoms with Crippen molar-refractivity contribution in [3.63, 3.8) is 0 Å². The number of halogens is 1. The molecule has 2 fully saturated rings. The number of hydrogen-bond acceptors (Lipinski definition) is 7. The number of carbonyl (C=O) groups excluding carboxylic acids is 2. The lowest BCUT2D eigenvalue weighted by molar-refractivity contribution is -0.124. The molecule has 2 N–H and O–H groups in total. The number of benzene rings is 1. The van der Waals surface area contributed by atoms with Gasteiger partial charge >= 0.3 is 0 Å². The van der Waals surface area contributed by atoms with Crippen LogP contribution >= 0.6 is 0 Å². The highest BCUT2D eigenvalue weighted by Crippen LogP contribution is 2.26. The Labute approximate surface area is 183 Å². The molecule has 4 heterocycles. The largest absolute Gasteiger partial charge is 0.348 e. The standard InChI is InChI=1S/C22H22FN7O2/c1-13(14-5-3-2-4-6-14)25-21-27-19-16(9-15-10-18(31)26-20(15)32)11-24-30(19)22(28-21)29-8-7-17(23)12-29/h2-6,9,11,13,17H,7-8,10,12H2,1H3,(H,25,27)(H,26,31,32)/b15-9+. The molecule has 10 heteroatoms. The van der Waals surface area contributed by atoms with Gasteiger partial charge < -0.3 is 10.2 Å². The fourth-order valence-corrected chi connectivity index (χ4v) is 3.98. The Kier molecular flexibility index (Phi) is 5.04. The molecule has 3 aromatic rings. The van der Waals surface area contributed by atoms with E-state index in [0.717, 1.165) is 5.56 Å². The number of fused-ring (bicyclic) bond motifs is 1. The van der Waals surface area contributed by atoms with E-state index in [-0.39, 0.29) is 24.9 Å². The van der Waals surface area contributed by atoms with Crippen molar-refractivity contribution in [2.24, 2.45) is 0 Å². The smallest absolute Gasteiger partial charge is 0.254 e. The Morgan fingerprint density at radius 2 is 2.06 bits per heavy atom. The quantitative estimate of drug-likeness (QED) is 0.468. The predicted molar refractivity (Wildman–Crippen MR) is 117 cm³/mol. The van der Waals surface area contributed by atoms with Crippen molar-refractivity contribution in [3.8, 4) is 0 Å². The molecule has 2 aromatic heterocycles. The van der Waals surface area contributed by atoms with Crippen molar-refractivity contribution in [1.29, 1.82) is 0 Å². The molecule has 5 rings (SSSR count). The summed E-state index contributed by atoms with van der Waals surface area (Å²) in [7, 11) is 0. The minimum Gasteiger partial charge on any atom is -0.348 e. The van der Waals surface area contributed by atoms with Gasteiger partial charge in [0, 0.05) is 17.7 Å². The molecule has 2 amide bonds. The molecular weight excluding hydrogens is 413 g/mol. The van der Waals surface area contributed by atoms with Gasteiger partial charge in [-0.15, -0.1) is 0 Å². The zero-order valence-electron chi connectivity index (χ0n) is 17.5. The Balaban J connectivity index is 1.57. The van der Waals surface area contributed by atoms with E-state index < -0.39 is 12.1 Å². The Hall–Kier alpha value is -3.82. The second-order valence-corrected chi connectivity index (χ2v) is 8.01. The van der Waals surface area contributed by atoms with E-state index >= 15 is 0 Å². The number of imide groups is 1. The van der Waals surface area contributed by atoms with Crippen LogP contribution in [0.1, 0.15) is 36.9 Å². The molecule has 2 atom stereocenters. The first-order chi connectivity index (χ1) is 15.5. The number of nitrogens with one attached hydrogen (secondary N) is 2. The number of carbonyl (C=O) groups is 2. The van der Waals surface area contributed by atoms with Gasteiger partial charge in [0.05, 0.1) is 25.2 Å². The lowest BCUT2D eigenvalue weighted by atomic mass is 10.1. The predicted octanol–water partition coefficient (Wildman–Crippen LogP) is 2.28. The molecule has 2 aliphatic rings. The zero-order chi connectivity index (χ0) is 22.2. The summed E-state index contributed by atoms with van der Waals surface area (Å²) in [6.45, 7) is 2.75. The molecule has 2 unspecified atom stereocenters. The van der Waals surface area contributed by atoms with E-state index in [4.69, 9.17) is 0 Å². The third-order valence-corrected chi connectivity index (χ3v) is 5.66. The highest BCUT2D eigenvalue weighted by atomic mass is 19.1. The number of nitrogens with zero attached hydrogens (tertiary/aromatic N) is 5. The summed E-state index contributed by atoms with van der Waals surface area (Å²) in [5.74, 6) is 0.102. The van der Waals surface area contributed by atoms with Crippen LogP contribution in [0.3, 0.4) is 0 Å². The third kappa shape index (κ3) is 3.79. The van der Waals surface area contributed by atoms with Gasteiger partial charge in [0.1, 0.15) is 6.17 Å². The molecule has 0 spiro atoms. The van der Waals surface area contributed by atoms with E-state index in [1.807, 2.05) is 42.2 Å². The van der Waals surface area contributed by atoms with Crippen LogP contribution in [-0.2, 0) is 9.59 Å². The molecule has 9 nitrogen and oxygen atoms in total. The zero-order valence-corrected chi connectivity index (χ0v) is 17.5. The van der Waals surface area contributed by atoms with Gasteiger partial charge in [0.15, 0.2) is 5.65 Å². The molecule has 0 radical (unpaired) electrons. The molecule has 2 saturated heterocycles. The first-order valence-corrected chi connectivity index (χ1v) is 10.5. The normalized spacial score (nSPS) is 20.9. The highest BCUT2D eigenvalue weighted by molar-refractivity contribution is 6.15. The first-order valence-electron chi connectivity index (χ1n) is 10.5. The fourth-order valence-electron chi connectivity index (χ4n) is 3.98. The lowest BCUT2D eigenvalue weighted by Gasteiger charge is -2.20. The topological polar surface area (TPSA) is 105 Å². The first kappa shape index (κ1) is 20.1. The summed E-state index contributed by atoms with van der Waals surface area (Å²) < 4.78 is 15.5. The molecule has 0 saturated carbocycles. The van der Waals surface area contributed by atoms with Crippen LogP contribution < -0.4 is 15.5 Å².